The monoisotopic (exact) mass is 321 g/mol. The summed E-state index contributed by atoms with van der Waals surface area (Å²) >= 11 is 1.59. The fourth-order valence-corrected chi connectivity index (χ4v) is 2.92. The highest BCUT2D eigenvalue weighted by Crippen LogP contribution is 2.23. The van der Waals surface area contributed by atoms with Crippen molar-refractivity contribution < 1.29 is 13.9 Å². The topological polar surface area (TPSA) is 76.4 Å². The summed E-state index contributed by atoms with van der Waals surface area (Å²) in [5.74, 6) is 1.45. The lowest BCUT2D eigenvalue weighted by Gasteiger charge is -2.23. The summed E-state index contributed by atoms with van der Waals surface area (Å²) in [5.41, 5.74) is 0.837. The van der Waals surface area contributed by atoms with Gasteiger partial charge in [0.1, 0.15) is 11.5 Å². The number of carbonyl (C=O) groups is 1. The molecule has 1 atom stereocenters. The van der Waals surface area contributed by atoms with Crippen LogP contribution >= 0.6 is 11.3 Å². The molecule has 1 unspecified atom stereocenters. The Labute approximate surface area is 132 Å². The second-order valence-electron chi connectivity index (χ2n) is 5.22. The number of carbonyl (C=O) groups excluding carboxylic acids is 1. The molecule has 118 valence electrons. The Morgan fingerprint density at radius 2 is 2.45 bits per heavy atom. The van der Waals surface area contributed by atoms with E-state index in [9.17, 15) is 4.79 Å². The Morgan fingerprint density at radius 1 is 1.55 bits per heavy atom. The third kappa shape index (κ3) is 3.94. The van der Waals surface area contributed by atoms with E-state index in [1.807, 2.05) is 24.4 Å². The van der Waals surface area contributed by atoms with Gasteiger partial charge in [-0.2, -0.15) is 0 Å². The van der Waals surface area contributed by atoms with Gasteiger partial charge in [0.25, 0.3) is 0 Å². The molecule has 3 heterocycles. The minimum absolute atomic E-state index is 0.00884. The third-order valence-corrected chi connectivity index (χ3v) is 4.20. The molecule has 1 aliphatic rings. The molecule has 0 aliphatic carbocycles. The molecule has 1 saturated heterocycles. The van der Waals surface area contributed by atoms with Gasteiger partial charge in [-0.25, -0.2) is 4.98 Å². The van der Waals surface area contributed by atoms with Crippen molar-refractivity contribution in [1.29, 1.82) is 0 Å². The number of hydrogen-bond acceptors (Lipinski definition) is 6. The van der Waals surface area contributed by atoms with Crippen LogP contribution in [0.1, 0.15) is 17.2 Å². The number of thiazole rings is 1. The van der Waals surface area contributed by atoms with Crippen LogP contribution in [0.3, 0.4) is 0 Å². The molecule has 1 aliphatic heterocycles. The van der Waals surface area contributed by atoms with Crippen LogP contribution in [-0.2, 0) is 16.1 Å². The molecule has 1 amide bonds. The average Bonchev–Trinajstić information content (AvgIpc) is 3.15. The maximum Gasteiger partial charge on any atom is 0.222 e. The minimum atomic E-state index is -0.00884. The third-order valence-electron chi connectivity index (χ3n) is 3.42. The number of amides is 1. The summed E-state index contributed by atoms with van der Waals surface area (Å²) in [7, 11) is 0. The van der Waals surface area contributed by atoms with E-state index in [1.54, 1.807) is 11.3 Å². The highest BCUT2D eigenvalue weighted by molar-refractivity contribution is 7.09. The number of nitrogens with zero attached hydrogens (tertiary/aromatic N) is 1. The van der Waals surface area contributed by atoms with Gasteiger partial charge < -0.3 is 19.8 Å². The average molecular weight is 321 g/mol. The minimum Gasteiger partial charge on any atom is -0.458 e. The van der Waals surface area contributed by atoms with Crippen molar-refractivity contribution in [1.82, 2.24) is 15.6 Å². The number of furan rings is 1. The summed E-state index contributed by atoms with van der Waals surface area (Å²) in [6.45, 7) is 4.44. The maximum atomic E-state index is 11.9. The molecule has 0 aromatic carbocycles. The first kappa shape index (κ1) is 15.2. The predicted octanol–water partition coefficient (Wildman–Crippen LogP) is 1.71. The van der Waals surface area contributed by atoms with E-state index in [2.05, 4.69) is 15.6 Å². The Balaban J connectivity index is 1.49. The molecule has 22 heavy (non-hydrogen) atoms. The van der Waals surface area contributed by atoms with Gasteiger partial charge in [0, 0.05) is 24.4 Å². The molecule has 7 heteroatoms. The highest BCUT2D eigenvalue weighted by Gasteiger charge is 2.17. The summed E-state index contributed by atoms with van der Waals surface area (Å²) in [4.78, 5) is 16.3. The molecular formula is C15H19N3O3S. The number of rotatable bonds is 5. The van der Waals surface area contributed by atoms with E-state index in [1.165, 1.54) is 0 Å². The number of hydrogen-bond donors (Lipinski definition) is 2. The Morgan fingerprint density at radius 3 is 3.18 bits per heavy atom. The van der Waals surface area contributed by atoms with Crippen molar-refractivity contribution in [3.05, 3.63) is 28.3 Å². The van der Waals surface area contributed by atoms with Gasteiger partial charge in [0.2, 0.25) is 5.91 Å². The standard InChI is InChI=1S/C15H19N3O3S/c1-10-18-13(9-22-10)14-3-2-12(21-14)7-17-15(19)6-11-8-20-5-4-16-11/h2-3,9,11,16H,4-8H2,1H3,(H,17,19). The first-order valence-corrected chi connectivity index (χ1v) is 8.18. The fraction of sp³-hybridized carbons (Fsp3) is 0.467. The number of aromatic nitrogens is 1. The molecular weight excluding hydrogens is 302 g/mol. The van der Waals surface area contributed by atoms with E-state index >= 15 is 0 Å². The van der Waals surface area contributed by atoms with Crippen LogP contribution in [-0.4, -0.2) is 36.7 Å². The number of ether oxygens (including phenoxy) is 1. The van der Waals surface area contributed by atoms with E-state index in [4.69, 9.17) is 9.15 Å². The van der Waals surface area contributed by atoms with Crippen molar-refractivity contribution in [2.24, 2.45) is 0 Å². The van der Waals surface area contributed by atoms with Gasteiger partial charge in [0.15, 0.2) is 5.76 Å². The summed E-state index contributed by atoms with van der Waals surface area (Å²) in [6.07, 6.45) is 0.416. The van der Waals surface area contributed by atoms with Crippen molar-refractivity contribution in [2.45, 2.75) is 25.9 Å². The van der Waals surface area contributed by atoms with E-state index in [-0.39, 0.29) is 11.9 Å². The zero-order valence-electron chi connectivity index (χ0n) is 12.4. The lowest BCUT2D eigenvalue weighted by atomic mass is 10.2. The zero-order chi connectivity index (χ0) is 15.4. The van der Waals surface area contributed by atoms with Gasteiger partial charge in [-0.15, -0.1) is 11.3 Å². The van der Waals surface area contributed by atoms with Crippen molar-refractivity contribution in [2.75, 3.05) is 19.8 Å². The van der Waals surface area contributed by atoms with Crippen molar-refractivity contribution in [3.8, 4) is 11.5 Å². The Bertz CT molecular complexity index is 632. The quantitative estimate of drug-likeness (QED) is 0.877. The highest BCUT2D eigenvalue weighted by atomic mass is 32.1. The molecule has 6 nitrogen and oxygen atoms in total. The van der Waals surface area contributed by atoms with Crippen LogP contribution in [0.4, 0.5) is 0 Å². The SMILES string of the molecule is Cc1nc(-c2ccc(CNC(=O)CC3COCCN3)o2)cs1. The maximum absolute atomic E-state index is 11.9. The molecule has 3 rings (SSSR count). The first-order chi connectivity index (χ1) is 10.7. The molecule has 2 N–H and O–H groups in total. The van der Waals surface area contributed by atoms with Gasteiger partial charge in [0.05, 0.1) is 24.8 Å². The lowest BCUT2D eigenvalue weighted by molar-refractivity contribution is -0.122. The van der Waals surface area contributed by atoms with Gasteiger partial charge in [-0.05, 0) is 19.1 Å². The number of morpholine rings is 1. The Hall–Kier alpha value is -1.70. The predicted molar refractivity (Wildman–Crippen MR) is 83.6 cm³/mol. The van der Waals surface area contributed by atoms with Gasteiger partial charge in [-0.1, -0.05) is 0 Å². The molecule has 0 saturated carbocycles. The molecule has 0 spiro atoms. The van der Waals surface area contributed by atoms with Crippen LogP contribution in [0, 0.1) is 6.92 Å². The molecule has 0 radical (unpaired) electrons. The zero-order valence-corrected chi connectivity index (χ0v) is 13.2. The summed E-state index contributed by atoms with van der Waals surface area (Å²) in [5, 5.41) is 9.10. The van der Waals surface area contributed by atoms with E-state index in [0.717, 1.165) is 28.8 Å². The lowest BCUT2D eigenvalue weighted by Crippen LogP contribution is -2.44. The molecule has 0 bridgehead atoms. The van der Waals surface area contributed by atoms with Crippen molar-refractivity contribution >= 4 is 17.2 Å². The summed E-state index contributed by atoms with van der Waals surface area (Å²) < 4.78 is 11.0. The normalized spacial score (nSPS) is 18.3. The van der Waals surface area contributed by atoms with Crippen LogP contribution in [0.2, 0.25) is 0 Å². The van der Waals surface area contributed by atoms with Crippen molar-refractivity contribution in [3.63, 3.8) is 0 Å². The first-order valence-electron chi connectivity index (χ1n) is 7.30. The molecule has 2 aromatic rings. The second kappa shape index (κ2) is 7.04. The Kier molecular flexibility index (Phi) is 4.87. The summed E-state index contributed by atoms with van der Waals surface area (Å²) in [6, 6.07) is 3.84. The number of nitrogens with one attached hydrogen (secondary N) is 2. The van der Waals surface area contributed by atoms with Crippen LogP contribution in [0.25, 0.3) is 11.5 Å². The van der Waals surface area contributed by atoms with Crippen LogP contribution in [0.15, 0.2) is 21.9 Å². The largest absolute Gasteiger partial charge is 0.458 e. The number of aryl methyl sites for hydroxylation is 1. The van der Waals surface area contributed by atoms with Crippen LogP contribution < -0.4 is 10.6 Å². The van der Waals surface area contributed by atoms with E-state index in [0.29, 0.717) is 26.2 Å². The molecule has 1 fully saturated rings. The molecule has 2 aromatic heterocycles. The fourth-order valence-electron chi connectivity index (χ4n) is 2.32. The van der Waals surface area contributed by atoms with Gasteiger partial charge in [-0.3, -0.25) is 4.79 Å². The smallest absolute Gasteiger partial charge is 0.222 e. The van der Waals surface area contributed by atoms with E-state index < -0.39 is 0 Å². The second-order valence-corrected chi connectivity index (χ2v) is 6.29. The van der Waals surface area contributed by atoms with Gasteiger partial charge >= 0.3 is 0 Å². The van der Waals surface area contributed by atoms with Crippen LogP contribution in [0.5, 0.6) is 0 Å².